The Morgan fingerprint density at radius 3 is 2.62 bits per heavy atom. The van der Waals surface area contributed by atoms with E-state index in [-0.39, 0.29) is 11.6 Å². The Morgan fingerprint density at radius 2 is 2.08 bits per heavy atom. The van der Waals surface area contributed by atoms with Crippen LogP contribution in [0.25, 0.3) is 4.85 Å². The first-order chi connectivity index (χ1) is 6.03. The normalized spacial score (nSPS) is 10.5. The van der Waals surface area contributed by atoms with Crippen molar-refractivity contribution in [1.82, 2.24) is 9.97 Å². The molecule has 1 N–H and O–H groups in total. The fourth-order valence-electron chi connectivity index (χ4n) is 0.660. The summed E-state index contributed by atoms with van der Waals surface area (Å²) in [7, 11) is -3.41. The maximum Gasteiger partial charge on any atom is 0.312 e. The minimum atomic E-state index is -3.41. The maximum atomic E-state index is 10.8. The molecule has 1 heterocycles. The Kier molecular flexibility index (Phi) is 2.44. The Morgan fingerprint density at radius 1 is 1.46 bits per heavy atom. The van der Waals surface area contributed by atoms with Gasteiger partial charge in [-0.1, -0.05) is 6.57 Å². The summed E-state index contributed by atoms with van der Waals surface area (Å²) in [6.45, 7) is 6.68. The summed E-state index contributed by atoms with van der Waals surface area (Å²) >= 11 is 0. The number of aromatic nitrogens is 2. The van der Waals surface area contributed by atoms with Gasteiger partial charge in [0.25, 0.3) is 0 Å². The molecule has 1 aromatic heterocycles. The van der Waals surface area contributed by atoms with Crippen molar-refractivity contribution in [2.45, 2.75) is 0 Å². The van der Waals surface area contributed by atoms with Crippen molar-refractivity contribution >= 4 is 21.7 Å². The van der Waals surface area contributed by atoms with E-state index in [0.717, 1.165) is 6.26 Å². The summed E-state index contributed by atoms with van der Waals surface area (Å²) in [6, 6.07) is 0. The first-order valence-corrected chi connectivity index (χ1v) is 5.08. The second-order valence-electron chi connectivity index (χ2n) is 2.21. The van der Waals surface area contributed by atoms with E-state index in [2.05, 4.69) is 19.5 Å². The van der Waals surface area contributed by atoms with Crippen LogP contribution in [0.5, 0.6) is 0 Å². The van der Waals surface area contributed by atoms with Gasteiger partial charge in [-0.15, -0.1) is 4.98 Å². The minimum absolute atomic E-state index is 0.0417. The van der Waals surface area contributed by atoms with Crippen LogP contribution in [0.3, 0.4) is 0 Å². The molecule has 6 nitrogen and oxygen atoms in total. The smallest absolute Gasteiger partial charge is 0.312 e. The Bertz CT molecular complexity index is 448. The van der Waals surface area contributed by atoms with Crippen molar-refractivity contribution in [3.8, 4) is 0 Å². The van der Waals surface area contributed by atoms with Crippen molar-refractivity contribution in [2.75, 3.05) is 11.0 Å². The first kappa shape index (κ1) is 9.41. The van der Waals surface area contributed by atoms with Gasteiger partial charge in [0.05, 0.1) is 12.5 Å². The Hall–Kier alpha value is -1.68. The number of hydrogen-bond donors (Lipinski definition) is 1. The van der Waals surface area contributed by atoms with Gasteiger partial charge in [-0.2, -0.15) is 0 Å². The van der Waals surface area contributed by atoms with Crippen molar-refractivity contribution in [3.05, 3.63) is 23.8 Å². The molecule has 0 unspecified atom stereocenters. The highest BCUT2D eigenvalue weighted by Crippen LogP contribution is 2.18. The van der Waals surface area contributed by atoms with Crippen LogP contribution < -0.4 is 4.72 Å². The molecule has 0 spiro atoms. The molecule has 0 amide bonds. The molecule has 0 aromatic carbocycles. The summed E-state index contributed by atoms with van der Waals surface area (Å²) in [5, 5.41) is 0. The van der Waals surface area contributed by atoms with E-state index in [1.165, 1.54) is 12.4 Å². The molecule has 68 valence electrons. The van der Waals surface area contributed by atoms with E-state index in [1.54, 1.807) is 0 Å². The third kappa shape index (κ3) is 2.68. The van der Waals surface area contributed by atoms with Crippen LogP contribution in [-0.4, -0.2) is 24.6 Å². The molecule has 0 saturated heterocycles. The molecule has 1 aromatic rings. The molecule has 0 radical (unpaired) electrons. The van der Waals surface area contributed by atoms with Crippen LogP contribution in [0, 0.1) is 6.57 Å². The predicted octanol–water partition coefficient (Wildman–Crippen LogP) is 0.399. The summed E-state index contributed by atoms with van der Waals surface area (Å²) in [6.07, 6.45) is 3.61. The van der Waals surface area contributed by atoms with Crippen molar-refractivity contribution < 1.29 is 8.42 Å². The number of rotatable bonds is 2. The number of sulfonamides is 1. The highest BCUT2D eigenvalue weighted by Gasteiger charge is 2.08. The van der Waals surface area contributed by atoms with Gasteiger partial charge < -0.3 is 4.85 Å². The average Bonchev–Trinajstić information content (AvgIpc) is 2.02. The van der Waals surface area contributed by atoms with Crippen molar-refractivity contribution in [1.29, 1.82) is 0 Å². The van der Waals surface area contributed by atoms with E-state index in [1.807, 2.05) is 0 Å². The first-order valence-electron chi connectivity index (χ1n) is 3.19. The summed E-state index contributed by atoms with van der Waals surface area (Å²) in [5.41, 5.74) is 0. The Balaban J connectivity index is 3.10. The lowest BCUT2D eigenvalue weighted by atomic mass is 10.6. The highest BCUT2D eigenvalue weighted by atomic mass is 32.2. The molecule has 0 saturated carbocycles. The van der Waals surface area contributed by atoms with E-state index in [0.29, 0.717) is 0 Å². The lowest BCUT2D eigenvalue weighted by molar-refractivity contribution is 0.606. The topological polar surface area (TPSA) is 76.3 Å². The van der Waals surface area contributed by atoms with Crippen molar-refractivity contribution in [2.24, 2.45) is 0 Å². The van der Waals surface area contributed by atoms with Gasteiger partial charge >= 0.3 is 5.82 Å². The standard InChI is InChI=1S/C6H6N4O2S/c1-7-5-6(9-4-3-8-5)10-13(2,11)12/h3-4H,2H3,(H,9,10). The average molecular weight is 198 g/mol. The summed E-state index contributed by atoms with van der Waals surface area (Å²) < 4.78 is 23.7. The highest BCUT2D eigenvalue weighted by molar-refractivity contribution is 7.92. The largest absolute Gasteiger partial charge is 0.358 e. The van der Waals surface area contributed by atoms with E-state index < -0.39 is 10.0 Å². The molecular formula is C6H6N4O2S. The number of anilines is 1. The molecule has 7 heteroatoms. The number of nitrogens with zero attached hydrogens (tertiary/aromatic N) is 3. The molecule has 0 bridgehead atoms. The van der Waals surface area contributed by atoms with Crippen LogP contribution in [0.15, 0.2) is 12.4 Å². The fraction of sp³-hybridized carbons (Fsp3) is 0.167. The molecule has 0 aliphatic rings. The molecule has 1 rings (SSSR count). The third-order valence-corrected chi connectivity index (χ3v) is 1.63. The zero-order valence-electron chi connectivity index (χ0n) is 6.72. The van der Waals surface area contributed by atoms with Gasteiger partial charge in [-0.3, -0.25) is 4.72 Å². The fourth-order valence-corrected chi connectivity index (χ4v) is 1.16. The van der Waals surface area contributed by atoms with Crippen LogP contribution in [0.2, 0.25) is 0 Å². The zero-order valence-corrected chi connectivity index (χ0v) is 7.54. The van der Waals surface area contributed by atoms with Crippen LogP contribution >= 0.6 is 0 Å². The second-order valence-corrected chi connectivity index (χ2v) is 3.96. The quantitative estimate of drug-likeness (QED) is 0.698. The van der Waals surface area contributed by atoms with Crippen LogP contribution in [0.1, 0.15) is 0 Å². The second kappa shape index (κ2) is 3.37. The molecule has 0 aliphatic carbocycles. The molecule has 0 fully saturated rings. The monoisotopic (exact) mass is 198 g/mol. The summed E-state index contributed by atoms with van der Waals surface area (Å²) in [5.74, 6) is -0.104. The van der Waals surface area contributed by atoms with E-state index in [9.17, 15) is 8.42 Å². The zero-order chi connectivity index (χ0) is 9.90. The maximum absolute atomic E-state index is 10.8. The van der Waals surface area contributed by atoms with Crippen LogP contribution in [-0.2, 0) is 10.0 Å². The van der Waals surface area contributed by atoms with Gasteiger partial charge in [0, 0.05) is 0 Å². The summed E-state index contributed by atoms with van der Waals surface area (Å²) in [4.78, 5) is 10.3. The van der Waals surface area contributed by atoms with Gasteiger partial charge in [-0.25, -0.2) is 13.4 Å². The predicted molar refractivity (Wildman–Crippen MR) is 46.8 cm³/mol. The lowest BCUT2D eigenvalue weighted by Gasteiger charge is -2.02. The van der Waals surface area contributed by atoms with E-state index in [4.69, 9.17) is 6.57 Å². The Labute approximate surface area is 75.5 Å². The molecule has 0 aliphatic heterocycles. The van der Waals surface area contributed by atoms with Gasteiger partial charge in [0.15, 0.2) is 5.82 Å². The van der Waals surface area contributed by atoms with E-state index >= 15 is 0 Å². The van der Waals surface area contributed by atoms with Gasteiger partial charge in [-0.05, 0) is 0 Å². The van der Waals surface area contributed by atoms with Gasteiger partial charge in [0.1, 0.15) is 6.20 Å². The van der Waals surface area contributed by atoms with Crippen LogP contribution in [0.4, 0.5) is 11.6 Å². The number of hydrogen-bond acceptors (Lipinski definition) is 4. The molecule has 0 atom stereocenters. The molecular weight excluding hydrogens is 192 g/mol. The third-order valence-electron chi connectivity index (χ3n) is 1.07. The minimum Gasteiger partial charge on any atom is -0.358 e. The SMILES string of the molecule is [C-]#[N+]c1nccnc1NS(C)(=O)=O. The number of nitrogens with one attached hydrogen (secondary N) is 1. The van der Waals surface area contributed by atoms with Crippen molar-refractivity contribution in [3.63, 3.8) is 0 Å². The lowest BCUT2D eigenvalue weighted by Crippen LogP contribution is -2.10. The molecule has 13 heavy (non-hydrogen) atoms. The van der Waals surface area contributed by atoms with Gasteiger partial charge in [0.2, 0.25) is 10.0 Å².